The van der Waals surface area contributed by atoms with Crippen molar-refractivity contribution in [2.75, 3.05) is 0 Å². The highest BCUT2D eigenvalue weighted by Gasteiger charge is 2.16. The van der Waals surface area contributed by atoms with Gasteiger partial charge in [0.15, 0.2) is 0 Å². The Bertz CT molecular complexity index is 348. The number of halogens is 1. The van der Waals surface area contributed by atoms with E-state index in [1.54, 1.807) is 0 Å². The molecule has 0 heterocycles. The first kappa shape index (κ1) is 12.0. The van der Waals surface area contributed by atoms with Gasteiger partial charge in [-0.25, -0.2) is 0 Å². The molecule has 0 saturated carbocycles. The fraction of sp³-hybridized carbons (Fsp3) is 0.333. The highest BCUT2D eigenvalue weighted by atomic mass is 127. The van der Waals surface area contributed by atoms with Crippen molar-refractivity contribution in [2.24, 2.45) is 0 Å². The van der Waals surface area contributed by atoms with Crippen LogP contribution in [0, 0.1) is 6.92 Å². The van der Waals surface area contributed by atoms with Gasteiger partial charge < -0.3 is 0 Å². The second kappa shape index (κ2) is 4.62. The van der Waals surface area contributed by atoms with Crippen LogP contribution < -0.4 is 0 Å². The van der Waals surface area contributed by atoms with E-state index in [0.29, 0.717) is 0 Å². The first-order valence-electron chi connectivity index (χ1n) is 4.84. The van der Waals surface area contributed by atoms with Gasteiger partial charge in [0, 0.05) is 0 Å². The SMILES string of the molecule is Cc1cccc(/C=C(\I)[Si](C)(C)C)c1. The lowest BCUT2D eigenvalue weighted by Gasteiger charge is -2.15. The standard InChI is InChI=1S/C12H17ISi/c1-10-6-5-7-11(8-10)9-12(13)14(2,3)4/h5-9H,1-4H3/b12-9+. The van der Waals surface area contributed by atoms with Crippen LogP contribution in [-0.4, -0.2) is 8.07 Å². The summed E-state index contributed by atoms with van der Waals surface area (Å²) in [5, 5.41) is 0. The molecular weight excluding hydrogens is 299 g/mol. The van der Waals surface area contributed by atoms with E-state index in [2.05, 4.69) is 79.5 Å². The molecular formula is C12H17ISi. The minimum absolute atomic E-state index is 1.11. The monoisotopic (exact) mass is 316 g/mol. The molecule has 0 fully saturated rings. The Morgan fingerprint density at radius 1 is 1.29 bits per heavy atom. The van der Waals surface area contributed by atoms with Crippen molar-refractivity contribution in [2.45, 2.75) is 26.6 Å². The molecule has 1 aromatic carbocycles. The summed E-state index contributed by atoms with van der Waals surface area (Å²) >= 11 is 2.49. The quantitative estimate of drug-likeness (QED) is 0.550. The van der Waals surface area contributed by atoms with E-state index in [1.165, 1.54) is 14.3 Å². The lowest BCUT2D eigenvalue weighted by Crippen LogP contribution is -2.19. The van der Waals surface area contributed by atoms with Crippen molar-refractivity contribution < 1.29 is 0 Å². The molecule has 0 saturated heterocycles. The lowest BCUT2D eigenvalue weighted by molar-refractivity contribution is 1.46. The Labute approximate surface area is 102 Å². The second-order valence-corrected chi connectivity index (χ2v) is 11.9. The average molecular weight is 316 g/mol. The molecule has 0 radical (unpaired) electrons. The summed E-state index contributed by atoms with van der Waals surface area (Å²) in [6.45, 7) is 9.27. The number of hydrogen-bond donors (Lipinski definition) is 0. The number of aryl methyl sites for hydroxylation is 1. The van der Waals surface area contributed by atoms with E-state index < -0.39 is 8.07 Å². The van der Waals surface area contributed by atoms with Crippen LogP contribution in [0.4, 0.5) is 0 Å². The van der Waals surface area contributed by atoms with Crippen LogP contribution in [0.25, 0.3) is 6.08 Å². The van der Waals surface area contributed by atoms with Crippen LogP contribution in [0.3, 0.4) is 0 Å². The summed E-state index contributed by atoms with van der Waals surface area (Å²) in [6.07, 6.45) is 2.32. The predicted molar refractivity (Wildman–Crippen MR) is 76.5 cm³/mol. The molecule has 1 aromatic rings. The maximum absolute atomic E-state index is 2.49. The Morgan fingerprint density at radius 3 is 2.43 bits per heavy atom. The molecule has 2 heteroatoms. The van der Waals surface area contributed by atoms with Crippen LogP contribution >= 0.6 is 22.6 Å². The third-order valence-corrected chi connectivity index (χ3v) is 8.80. The van der Waals surface area contributed by atoms with Crippen molar-refractivity contribution in [3.05, 3.63) is 38.6 Å². The molecule has 0 aliphatic rings. The normalized spacial score (nSPS) is 13.1. The molecule has 14 heavy (non-hydrogen) atoms. The van der Waals surface area contributed by atoms with E-state index >= 15 is 0 Å². The summed E-state index contributed by atoms with van der Waals surface area (Å²) < 4.78 is 1.53. The van der Waals surface area contributed by atoms with Crippen LogP contribution in [0.5, 0.6) is 0 Å². The molecule has 1 rings (SSSR count). The molecule has 0 atom stereocenters. The highest BCUT2D eigenvalue weighted by Crippen LogP contribution is 2.24. The highest BCUT2D eigenvalue weighted by molar-refractivity contribution is 14.1. The maximum Gasteiger partial charge on any atom is 0.0854 e. The van der Waals surface area contributed by atoms with Gasteiger partial charge in [-0.15, -0.1) is 0 Å². The van der Waals surface area contributed by atoms with Crippen LogP contribution in [-0.2, 0) is 0 Å². The van der Waals surface area contributed by atoms with Crippen molar-refractivity contribution in [3.63, 3.8) is 0 Å². The number of benzene rings is 1. The van der Waals surface area contributed by atoms with Gasteiger partial charge in [0.05, 0.1) is 8.07 Å². The molecule has 0 amide bonds. The fourth-order valence-electron chi connectivity index (χ4n) is 1.12. The fourth-order valence-corrected chi connectivity index (χ4v) is 2.08. The first-order chi connectivity index (χ1) is 6.39. The lowest BCUT2D eigenvalue weighted by atomic mass is 10.1. The summed E-state index contributed by atoms with van der Waals surface area (Å²) in [6, 6.07) is 8.67. The van der Waals surface area contributed by atoms with Gasteiger partial charge in [-0.05, 0) is 21.8 Å². The number of hydrogen-bond acceptors (Lipinski definition) is 0. The van der Waals surface area contributed by atoms with Gasteiger partial charge in [-0.2, -0.15) is 0 Å². The van der Waals surface area contributed by atoms with Gasteiger partial charge in [0.25, 0.3) is 0 Å². The molecule has 0 nitrogen and oxygen atoms in total. The molecule has 0 aliphatic heterocycles. The van der Waals surface area contributed by atoms with Gasteiger partial charge in [0.2, 0.25) is 0 Å². The average Bonchev–Trinajstić information content (AvgIpc) is 2.02. The molecule has 76 valence electrons. The molecule has 0 aromatic heterocycles. The van der Waals surface area contributed by atoms with Gasteiger partial charge in [0.1, 0.15) is 0 Å². The third kappa shape index (κ3) is 3.57. The second-order valence-electron chi connectivity index (χ2n) is 4.66. The van der Waals surface area contributed by atoms with E-state index in [4.69, 9.17) is 0 Å². The van der Waals surface area contributed by atoms with Crippen molar-refractivity contribution in [1.82, 2.24) is 0 Å². The Kier molecular flexibility index (Phi) is 3.95. The zero-order valence-corrected chi connectivity index (χ0v) is 12.4. The van der Waals surface area contributed by atoms with Crippen molar-refractivity contribution in [1.29, 1.82) is 0 Å². The summed E-state index contributed by atoms with van der Waals surface area (Å²) in [5.74, 6) is 0. The number of rotatable bonds is 2. The van der Waals surface area contributed by atoms with Crippen LogP contribution in [0.1, 0.15) is 11.1 Å². The molecule has 0 aliphatic carbocycles. The van der Waals surface area contributed by atoms with Gasteiger partial charge in [-0.1, -0.05) is 72.1 Å². The first-order valence-corrected chi connectivity index (χ1v) is 9.42. The Balaban J connectivity index is 2.98. The Hall–Kier alpha value is -0.0931. The molecule has 0 unspecified atom stereocenters. The van der Waals surface area contributed by atoms with E-state index in [-0.39, 0.29) is 0 Å². The topological polar surface area (TPSA) is 0 Å². The van der Waals surface area contributed by atoms with Crippen LogP contribution in [0.15, 0.2) is 27.5 Å². The zero-order chi connectivity index (χ0) is 10.8. The maximum atomic E-state index is 2.49. The minimum Gasteiger partial charge on any atom is -0.0652 e. The van der Waals surface area contributed by atoms with Crippen molar-refractivity contribution in [3.8, 4) is 0 Å². The summed E-state index contributed by atoms with van der Waals surface area (Å²) in [5.41, 5.74) is 2.66. The molecule has 0 N–H and O–H groups in total. The largest absolute Gasteiger partial charge is 0.0854 e. The third-order valence-electron chi connectivity index (χ3n) is 2.05. The minimum atomic E-state index is -1.11. The van der Waals surface area contributed by atoms with E-state index in [9.17, 15) is 0 Å². The van der Waals surface area contributed by atoms with E-state index in [1.807, 2.05) is 0 Å². The smallest absolute Gasteiger partial charge is 0.0652 e. The van der Waals surface area contributed by atoms with Gasteiger partial charge in [-0.3, -0.25) is 0 Å². The van der Waals surface area contributed by atoms with Crippen molar-refractivity contribution >= 4 is 36.7 Å². The van der Waals surface area contributed by atoms with E-state index in [0.717, 1.165) is 0 Å². The molecule has 0 spiro atoms. The zero-order valence-electron chi connectivity index (χ0n) is 9.26. The Morgan fingerprint density at radius 2 is 1.93 bits per heavy atom. The van der Waals surface area contributed by atoms with Crippen LogP contribution in [0.2, 0.25) is 19.6 Å². The van der Waals surface area contributed by atoms with Gasteiger partial charge >= 0.3 is 0 Å². The predicted octanol–water partition coefficient (Wildman–Crippen LogP) is 4.65. The summed E-state index contributed by atoms with van der Waals surface area (Å²) in [4.78, 5) is 0. The summed E-state index contributed by atoms with van der Waals surface area (Å²) in [7, 11) is -1.11. The molecule has 0 bridgehead atoms.